The van der Waals surface area contributed by atoms with Gasteiger partial charge in [0.1, 0.15) is 5.54 Å². The number of carbonyl (C=O) groups is 1. The van der Waals surface area contributed by atoms with Gasteiger partial charge in [-0.05, 0) is 51.5 Å². The third-order valence-corrected chi connectivity index (χ3v) is 4.46. The van der Waals surface area contributed by atoms with Crippen LogP contribution >= 0.6 is 0 Å². The standard InChI is InChI=1S/C16H31NO3/c1-4-7-13(3)20-12-9-14-8-6-10-16(14,15(18)19)17-11-5-2/h13-14,17H,4-12H2,1-3H3,(H,18,19). The van der Waals surface area contributed by atoms with Crippen LogP contribution in [0.1, 0.15) is 65.7 Å². The molecule has 1 rings (SSSR count). The molecule has 0 aliphatic heterocycles. The number of nitrogens with one attached hydrogen (secondary N) is 1. The topological polar surface area (TPSA) is 58.6 Å². The van der Waals surface area contributed by atoms with Crippen molar-refractivity contribution in [1.82, 2.24) is 5.32 Å². The molecule has 1 aliphatic carbocycles. The summed E-state index contributed by atoms with van der Waals surface area (Å²) in [7, 11) is 0. The first-order chi connectivity index (χ1) is 9.56. The predicted molar refractivity (Wildman–Crippen MR) is 80.9 cm³/mol. The fourth-order valence-corrected chi connectivity index (χ4v) is 3.31. The molecule has 0 radical (unpaired) electrons. The van der Waals surface area contributed by atoms with Crippen molar-refractivity contribution in [2.24, 2.45) is 5.92 Å². The maximum absolute atomic E-state index is 11.7. The molecule has 0 saturated heterocycles. The molecule has 2 N–H and O–H groups in total. The Balaban J connectivity index is 2.51. The Morgan fingerprint density at radius 3 is 2.80 bits per heavy atom. The Hall–Kier alpha value is -0.610. The van der Waals surface area contributed by atoms with Crippen LogP contribution in [0.15, 0.2) is 0 Å². The van der Waals surface area contributed by atoms with Gasteiger partial charge in [0.25, 0.3) is 0 Å². The van der Waals surface area contributed by atoms with Crippen molar-refractivity contribution in [3.63, 3.8) is 0 Å². The van der Waals surface area contributed by atoms with Crippen LogP contribution in [0.2, 0.25) is 0 Å². The van der Waals surface area contributed by atoms with Crippen molar-refractivity contribution in [3.8, 4) is 0 Å². The summed E-state index contributed by atoms with van der Waals surface area (Å²) >= 11 is 0. The van der Waals surface area contributed by atoms with Gasteiger partial charge in [-0.15, -0.1) is 0 Å². The highest BCUT2D eigenvalue weighted by Gasteiger charge is 2.48. The van der Waals surface area contributed by atoms with Gasteiger partial charge in [0.2, 0.25) is 0 Å². The number of hydrogen-bond donors (Lipinski definition) is 2. The van der Waals surface area contributed by atoms with Gasteiger partial charge in [0.05, 0.1) is 6.10 Å². The molecule has 0 amide bonds. The number of ether oxygens (including phenoxy) is 1. The lowest BCUT2D eigenvalue weighted by Gasteiger charge is -2.32. The van der Waals surface area contributed by atoms with Crippen LogP contribution in [-0.4, -0.2) is 35.9 Å². The van der Waals surface area contributed by atoms with Gasteiger partial charge in [0, 0.05) is 6.61 Å². The smallest absolute Gasteiger partial charge is 0.324 e. The molecule has 3 atom stereocenters. The first kappa shape index (κ1) is 17.4. The molecule has 4 heteroatoms. The molecular weight excluding hydrogens is 254 g/mol. The summed E-state index contributed by atoms with van der Waals surface area (Å²) < 4.78 is 5.80. The minimum Gasteiger partial charge on any atom is -0.480 e. The minimum absolute atomic E-state index is 0.195. The van der Waals surface area contributed by atoms with Crippen LogP contribution in [0.3, 0.4) is 0 Å². The van der Waals surface area contributed by atoms with E-state index in [0.717, 1.165) is 51.5 Å². The van der Waals surface area contributed by atoms with E-state index in [2.05, 4.69) is 26.1 Å². The van der Waals surface area contributed by atoms with Gasteiger partial charge in [-0.1, -0.05) is 26.7 Å². The van der Waals surface area contributed by atoms with Crippen LogP contribution in [0.25, 0.3) is 0 Å². The second kappa shape index (κ2) is 8.63. The van der Waals surface area contributed by atoms with Crippen LogP contribution in [0.4, 0.5) is 0 Å². The van der Waals surface area contributed by atoms with Gasteiger partial charge < -0.3 is 15.2 Å². The Morgan fingerprint density at radius 2 is 2.20 bits per heavy atom. The number of aliphatic carboxylic acids is 1. The van der Waals surface area contributed by atoms with Crippen molar-refractivity contribution < 1.29 is 14.6 Å². The van der Waals surface area contributed by atoms with Gasteiger partial charge in [0.15, 0.2) is 0 Å². The summed E-state index contributed by atoms with van der Waals surface area (Å²) in [5, 5.41) is 13.0. The van der Waals surface area contributed by atoms with E-state index >= 15 is 0 Å². The molecule has 1 fully saturated rings. The monoisotopic (exact) mass is 285 g/mol. The Bertz CT molecular complexity index is 295. The van der Waals surface area contributed by atoms with Crippen LogP contribution < -0.4 is 5.32 Å². The summed E-state index contributed by atoms with van der Waals surface area (Å²) in [5.74, 6) is -0.490. The predicted octanol–water partition coefficient (Wildman–Crippen LogP) is 3.20. The van der Waals surface area contributed by atoms with Gasteiger partial charge in [-0.3, -0.25) is 4.79 Å². The van der Waals surface area contributed by atoms with Crippen molar-refractivity contribution in [3.05, 3.63) is 0 Å². The average Bonchev–Trinajstić information content (AvgIpc) is 2.81. The zero-order chi connectivity index (χ0) is 15.0. The van der Waals surface area contributed by atoms with E-state index in [1.807, 2.05) is 0 Å². The van der Waals surface area contributed by atoms with Crippen molar-refractivity contribution in [1.29, 1.82) is 0 Å². The molecule has 20 heavy (non-hydrogen) atoms. The van der Waals surface area contributed by atoms with E-state index in [0.29, 0.717) is 6.61 Å². The average molecular weight is 285 g/mol. The molecule has 118 valence electrons. The fraction of sp³-hybridized carbons (Fsp3) is 0.938. The molecule has 0 aromatic carbocycles. The molecule has 0 heterocycles. The SMILES string of the molecule is CCCNC1(C(=O)O)CCCC1CCOC(C)CCC. The summed E-state index contributed by atoms with van der Waals surface area (Å²) in [6.07, 6.45) is 7.03. The fourth-order valence-electron chi connectivity index (χ4n) is 3.31. The summed E-state index contributed by atoms with van der Waals surface area (Å²) in [5.41, 5.74) is -0.715. The van der Waals surface area contributed by atoms with Crippen molar-refractivity contribution in [2.75, 3.05) is 13.2 Å². The summed E-state index contributed by atoms with van der Waals surface area (Å²) in [6.45, 7) is 7.77. The highest BCUT2D eigenvalue weighted by molar-refractivity contribution is 5.79. The first-order valence-corrected chi connectivity index (χ1v) is 8.16. The van der Waals surface area contributed by atoms with Gasteiger partial charge >= 0.3 is 5.97 Å². The van der Waals surface area contributed by atoms with Crippen LogP contribution in [0, 0.1) is 5.92 Å². The minimum atomic E-state index is -0.715. The highest BCUT2D eigenvalue weighted by atomic mass is 16.5. The Labute approximate surface area is 123 Å². The van der Waals surface area contributed by atoms with E-state index < -0.39 is 11.5 Å². The van der Waals surface area contributed by atoms with E-state index in [4.69, 9.17) is 4.74 Å². The van der Waals surface area contributed by atoms with Gasteiger partial charge in [-0.25, -0.2) is 0 Å². The Kier molecular flexibility index (Phi) is 7.52. The quantitative estimate of drug-likeness (QED) is 0.647. The highest BCUT2D eigenvalue weighted by Crippen LogP contribution is 2.38. The summed E-state index contributed by atoms with van der Waals surface area (Å²) in [6, 6.07) is 0. The normalized spacial score (nSPS) is 27.6. The maximum Gasteiger partial charge on any atom is 0.324 e. The zero-order valence-electron chi connectivity index (χ0n) is 13.3. The Morgan fingerprint density at radius 1 is 1.45 bits per heavy atom. The molecule has 1 aliphatic rings. The molecule has 0 aromatic rings. The van der Waals surface area contributed by atoms with E-state index in [1.165, 1.54) is 0 Å². The molecule has 3 unspecified atom stereocenters. The second-order valence-corrected chi connectivity index (χ2v) is 6.05. The molecular formula is C16H31NO3. The number of hydrogen-bond acceptors (Lipinski definition) is 3. The molecule has 1 saturated carbocycles. The lowest BCUT2D eigenvalue weighted by Crippen LogP contribution is -2.55. The van der Waals surface area contributed by atoms with Crippen molar-refractivity contribution in [2.45, 2.75) is 77.4 Å². The van der Waals surface area contributed by atoms with E-state index in [-0.39, 0.29) is 12.0 Å². The number of carboxylic acids is 1. The second-order valence-electron chi connectivity index (χ2n) is 6.05. The third kappa shape index (κ3) is 4.45. The number of carboxylic acid groups (broad SMARTS) is 1. The van der Waals surface area contributed by atoms with Crippen LogP contribution in [0.5, 0.6) is 0 Å². The lowest BCUT2D eigenvalue weighted by molar-refractivity contribution is -0.147. The third-order valence-electron chi connectivity index (χ3n) is 4.46. The first-order valence-electron chi connectivity index (χ1n) is 8.16. The number of rotatable bonds is 10. The van der Waals surface area contributed by atoms with Gasteiger partial charge in [-0.2, -0.15) is 0 Å². The van der Waals surface area contributed by atoms with Crippen molar-refractivity contribution >= 4 is 5.97 Å². The van der Waals surface area contributed by atoms with E-state index in [1.54, 1.807) is 0 Å². The molecule has 0 spiro atoms. The maximum atomic E-state index is 11.7. The lowest BCUT2D eigenvalue weighted by atomic mass is 9.84. The molecule has 0 aromatic heterocycles. The van der Waals surface area contributed by atoms with Crippen LogP contribution in [-0.2, 0) is 9.53 Å². The summed E-state index contributed by atoms with van der Waals surface area (Å²) in [4.78, 5) is 11.7. The molecule has 4 nitrogen and oxygen atoms in total. The largest absolute Gasteiger partial charge is 0.480 e. The van der Waals surface area contributed by atoms with E-state index in [9.17, 15) is 9.90 Å². The zero-order valence-corrected chi connectivity index (χ0v) is 13.3. The molecule has 0 bridgehead atoms.